The van der Waals surface area contributed by atoms with Crippen LogP contribution in [0.15, 0.2) is 54.6 Å². The summed E-state index contributed by atoms with van der Waals surface area (Å²) in [7, 11) is 1.26. The minimum atomic E-state index is -0.640. The smallest absolute Gasteiger partial charge is 0.339 e. The number of benzene rings is 2. The molecule has 7 heteroatoms. The number of methoxy groups -OCH3 is 1. The second-order valence-electron chi connectivity index (χ2n) is 5.72. The van der Waals surface area contributed by atoms with Gasteiger partial charge in [0.05, 0.1) is 29.6 Å². The molecule has 2 aromatic carbocycles. The van der Waals surface area contributed by atoms with Crippen LogP contribution in [0.25, 0.3) is 5.69 Å². The summed E-state index contributed by atoms with van der Waals surface area (Å²) < 4.78 is 11.7. The van der Waals surface area contributed by atoms with Crippen molar-refractivity contribution in [3.63, 3.8) is 0 Å². The summed E-state index contributed by atoms with van der Waals surface area (Å²) in [5.41, 5.74) is 2.34. The summed E-state index contributed by atoms with van der Waals surface area (Å²) in [6, 6.07) is 15.7. The first-order valence-electron chi connectivity index (χ1n) is 8.16. The van der Waals surface area contributed by atoms with Crippen LogP contribution < -0.4 is 0 Å². The number of rotatable bonds is 5. The zero-order valence-electron chi connectivity index (χ0n) is 14.8. The van der Waals surface area contributed by atoms with E-state index in [1.54, 1.807) is 23.7 Å². The van der Waals surface area contributed by atoms with E-state index in [-0.39, 0.29) is 17.7 Å². The van der Waals surface area contributed by atoms with E-state index in [0.717, 1.165) is 5.69 Å². The van der Waals surface area contributed by atoms with Gasteiger partial charge in [-0.25, -0.2) is 14.3 Å². The molecule has 0 radical (unpaired) electrons. The van der Waals surface area contributed by atoms with Crippen LogP contribution >= 0.6 is 11.6 Å². The van der Waals surface area contributed by atoms with Gasteiger partial charge in [-0.15, -0.1) is 0 Å². The molecule has 0 aliphatic heterocycles. The van der Waals surface area contributed by atoms with Crippen molar-refractivity contribution >= 4 is 23.5 Å². The fourth-order valence-corrected chi connectivity index (χ4v) is 2.93. The highest BCUT2D eigenvalue weighted by Gasteiger charge is 2.20. The molecule has 1 aromatic heterocycles. The Kier molecular flexibility index (Phi) is 5.57. The van der Waals surface area contributed by atoms with E-state index in [1.807, 2.05) is 30.3 Å². The lowest BCUT2D eigenvalue weighted by Gasteiger charge is -2.08. The van der Waals surface area contributed by atoms with Crippen LogP contribution in [-0.2, 0) is 16.1 Å². The third-order valence-electron chi connectivity index (χ3n) is 4.02. The maximum atomic E-state index is 12.5. The third kappa shape index (κ3) is 3.85. The SMILES string of the molecule is COC(=O)c1ccccc1C(=O)OCc1c(C)nn(-c2ccccc2)c1Cl. The van der Waals surface area contributed by atoms with Gasteiger partial charge in [-0.1, -0.05) is 41.9 Å². The number of halogens is 1. The number of esters is 2. The second-order valence-corrected chi connectivity index (χ2v) is 6.07. The number of ether oxygens (including phenoxy) is 2. The van der Waals surface area contributed by atoms with E-state index in [0.29, 0.717) is 16.4 Å². The molecule has 0 amide bonds. The predicted molar refractivity (Wildman–Crippen MR) is 100 cm³/mol. The lowest BCUT2D eigenvalue weighted by molar-refractivity contribution is 0.0457. The first-order valence-corrected chi connectivity index (χ1v) is 8.54. The minimum Gasteiger partial charge on any atom is -0.465 e. The Bertz CT molecular complexity index is 983. The first kappa shape index (κ1) is 18.7. The van der Waals surface area contributed by atoms with Crippen LogP contribution in [0.5, 0.6) is 0 Å². The molecule has 0 unspecified atom stereocenters. The molecule has 0 saturated heterocycles. The summed E-state index contributed by atoms with van der Waals surface area (Å²) in [5, 5.41) is 4.78. The summed E-state index contributed by atoms with van der Waals surface area (Å²) in [6.45, 7) is 1.72. The van der Waals surface area contributed by atoms with Crippen LogP contribution in [-0.4, -0.2) is 28.8 Å². The van der Waals surface area contributed by atoms with Gasteiger partial charge in [0.25, 0.3) is 0 Å². The van der Waals surface area contributed by atoms with Gasteiger partial charge in [0.15, 0.2) is 0 Å². The highest BCUT2D eigenvalue weighted by molar-refractivity contribution is 6.30. The van der Waals surface area contributed by atoms with Crippen molar-refractivity contribution in [3.05, 3.63) is 82.1 Å². The number of aromatic nitrogens is 2. The molecule has 0 bridgehead atoms. The van der Waals surface area contributed by atoms with Gasteiger partial charge in [-0.2, -0.15) is 5.10 Å². The quantitative estimate of drug-likeness (QED) is 0.622. The van der Waals surface area contributed by atoms with E-state index in [1.165, 1.54) is 19.2 Å². The number of carbonyl (C=O) groups is 2. The normalized spacial score (nSPS) is 10.5. The van der Waals surface area contributed by atoms with Gasteiger partial charge >= 0.3 is 11.9 Å². The highest BCUT2D eigenvalue weighted by Crippen LogP contribution is 2.24. The summed E-state index contributed by atoms with van der Waals surface area (Å²) in [4.78, 5) is 24.3. The van der Waals surface area contributed by atoms with Crippen LogP contribution in [0.1, 0.15) is 32.0 Å². The number of para-hydroxylation sites is 1. The molecule has 0 spiro atoms. The molecular formula is C20H17ClN2O4. The van der Waals surface area contributed by atoms with Crippen LogP contribution in [0, 0.1) is 6.92 Å². The van der Waals surface area contributed by atoms with E-state index < -0.39 is 11.9 Å². The zero-order chi connectivity index (χ0) is 19.4. The molecule has 0 saturated carbocycles. The van der Waals surface area contributed by atoms with Crippen molar-refractivity contribution in [1.29, 1.82) is 0 Å². The van der Waals surface area contributed by atoms with Gasteiger partial charge in [0.2, 0.25) is 0 Å². The maximum Gasteiger partial charge on any atom is 0.339 e. The molecule has 0 N–H and O–H groups in total. The van der Waals surface area contributed by atoms with Gasteiger partial charge in [0.1, 0.15) is 11.8 Å². The van der Waals surface area contributed by atoms with Crippen molar-refractivity contribution < 1.29 is 19.1 Å². The van der Waals surface area contributed by atoms with E-state index in [2.05, 4.69) is 5.10 Å². The Labute approximate surface area is 161 Å². The van der Waals surface area contributed by atoms with Crippen molar-refractivity contribution in [2.75, 3.05) is 7.11 Å². The fraction of sp³-hybridized carbons (Fsp3) is 0.150. The molecule has 1 heterocycles. The zero-order valence-corrected chi connectivity index (χ0v) is 15.6. The molecule has 0 aliphatic rings. The molecule has 0 atom stereocenters. The molecular weight excluding hydrogens is 368 g/mol. The summed E-state index contributed by atoms with van der Waals surface area (Å²) in [6.07, 6.45) is 0. The van der Waals surface area contributed by atoms with Crippen molar-refractivity contribution in [2.24, 2.45) is 0 Å². The number of hydrogen-bond donors (Lipinski definition) is 0. The minimum absolute atomic E-state index is 0.0637. The Morgan fingerprint density at radius 1 is 1.00 bits per heavy atom. The Hall–Kier alpha value is -3.12. The molecule has 27 heavy (non-hydrogen) atoms. The van der Waals surface area contributed by atoms with Gasteiger partial charge < -0.3 is 9.47 Å². The molecule has 138 valence electrons. The number of nitrogens with zero attached hydrogens (tertiary/aromatic N) is 2. The fourth-order valence-electron chi connectivity index (χ4n) is 2.60. The van der Waals surface area contributed by atoms with Crippen LogP contribution in [0.3, 0.4) is 0 Å². The lowest BCUT2D eigenvalue weighted by Crippen LogP contribution is -2.13. The van der Waals surface area contributed by atoms with E-state index >= 15 is 0 Å². The lowest BCUT2D eigenvalue weighted by atomic mass is 10.1. The second kappa shape index (κ2) is 8.05. The largest absolute Gasteiger partial charge is 0.465 e. The number of carbonyl (C=O) groups excluding carboxylic acids is 2. The molecule has 6 nitrogen and oxygen atoms in total. The molecule has 3 rings (SSSR count). The van der Waals surface area contributed by atoms with Gasteiger partial charge in [-0.3, -0.25) is 0 Å². The standard InChI is InChI=1S/C20H17ClN2O4/c1-13-17(18(21)23(22-13)14-8-4-3-5-9-14)12-27-20(25)16-11-7-6-10-15(16)19(24)26-2/h3-11H,12H2,1-2H3. The van der Waals surface area contributed by atoms with Gasteiger partial charge in [-0.05, 0) is 31.2 Å². The monoisotopic (exact) mass is 384 g/mol. The Morgan fingerprint density at radius 2 is 1.59 bits per heavy atom. The van der Waals surface area contributed by atoms with Crippen molar-refractivity contribution in [2.45, 2.75) is 13.5 Å². The number of hydrogen-bond acceptors (Lipinski definition) is 5. The van der Waals surface area contributed by atoms with Crippen LogP contribution in [0.4, 0.5) is 0 Å². The predicted octanol–water partition coefficient (Wildman–Crippen LogP) is 3.98. The van der Waals surface area contributed by atoms with E-state index in [9.17, 15) is 9.59 Å². The number of aryl methyl sites for hydroxylation is 1. The highest BCUT2D eigenvalue weighted by atomic mass is 35.5. The maximum absolute atomic E-state index is 12.5. The van der Waals surface area contributed by atoms with Crippen molar-refractivity contribution in [1.82, 2.24) is 9.78 Å². The average molecular weight is 385 g/mol. The van der Waals surface area contributed by atoms with E-state index in [4.69, 9.17) is 21.1 Å². The Balaban J connectivity index is 1.81. The summed E-state index contributed by atoms with van der Waals surface area (Å²) in [5.74, 6) is -1.24. The summed E-state index contributed by atoms with van der Waals surface area (Å²) >= 11 is 6.43. The van der Waals surface area contributed by atoms with Crippen molar-refractivity contribution in [3.8, 4) is 5.69 Å². The molecule has 3 aromatic rings. The molecule has 0 fully saturated rings. The Morgan fingerprint density at radius 3 is 2.22 bits per heavy atom. The van der Waals surface area contributed by atoms with Crippen LogP contribution in [0.2, 0.25) is 5.15 Å². The topological polar surface area (TPSA) is 70.4 Å². The average Bonchev–Trinajstić information content (AvgIpc) is 2.99. The van der Waals surface area contributed by atoms with Gasteiger partial charge in [0, 0.05) is 5.56 Å². The first-order chi connectivity index (χ1) is 13.0. The molecule has 0 aliphatic carbocycles. The third-order valence-corrected chi connectivity index (χ3v) is 4.41.